The third-order valence-corrected chi connectivity index (χ3v) is 3.95. The Hall–Kier alpha value is -2.39. The Morgan fingerprint density at radius 1 is 1.22 bits per heavy atom. The van der Waals surface area contributed by atoms with Gasteiger partial charge in [-0.2, -0.15) is 5.26 Å². The normalized spacial score (nSPS) is 14.7. The van der Waals surface area contributed by atoms with Gasteiger partial charge >= 0.3 is 0 Å². The van der Waals surface area contributed by atoms with Crippen LogP contribution in [0, 0.1) is 11.3 Å². The van der Waals surface area contributed by atoms with Crippen molar-refractivity contribution in [1.29, 1.82) is 5.26 Å². The Bertz CT molecular complexity index is 640. The minimum absolute atomic E-state index is 0.0180. The second-order valence-corrected chi connectivity index (χ2v) is 6.01. The summed E-state index contributed by atoms with van der Waals surface area (Å²) in [6, 6.07) is 7.33. The Labute approximate surface area is 136 Å². The second-order valence-electron chi connectivity index (χ2n) is 6.01. The van der Waals surface area contributed by atoms with E-state index >= 15 is 0 Å². The van der Waals surface area contributed by atoms with Gasteiger partial charge in [-0.1, -0.05) is 0 Å². The SMILES string of the molecule is CC(=O)c1ccc(C#N)c(N2CCN(C(=O)CN(C)C)CC2)c1. The molecule has 1 aliphatic heterocycles. The molecule has 1 amide bonds. The number of hydrogen-bond acceptors (Lipinski definition) is 5. The van der Waals surface area contributed by atoms with Crippen LogP contribution in [0.3, 0.4) is 0 Å². The summed E-state index contributed by atoms with van der Waals surface area (Å²) in [4.78, 5) is 29.4. The molecule has 0 atom stereocenters. The minimum atomic E-state index is -0.0180. The summed E-state index contributed by atoms with van der Waals surface area (Å²) in [6.07, 6.45) is 0. The molecule has 23 heavy (non-hydrogen) atoms. The monoisotopic (exact) mass is 314 g/mol. The topological polar surface area (TPSA) is 67.6 Å². The van der Waals surface area contributed by atoms with Gasteiger partial charge in [0.25, 0.3) is 0 Å². The van der Waals surface area contributed by atoms with Crippen LogP contribution in [0.25, 0.3) is 0 Å². The summed E-state index contributed by atoms with van der Waals surface area (Å²) in [5.74, 6) is 0.100. The van der Waals surface area contributed by atoms with Gasteiger partial charge < -0.3 is 14.7 Å². The molecule has 1 fully saturated rings. The molecule has 122 valence electrons. The number of nitrogens with zero attached hydrogens (tertiary/aromatic N) is 4. The highest BCUT2D eigenvalue weighted by Crippen LogP contribution is 2.23. The lowest BCUT2D eigenvalue weighted by Crippen LogP contribution is -2.50. The number of ketones is 1. The highest BCUT2D eigenvalue weighted by atomic mass is 16.2. The highest BCUT2D eigenvalue weighted by molar-refractivity contribution is 5.95. The number of piperazine rings is 1. The van der Waals surface area contributed by atoms with Gasteiger partial charge in [0.15, 0.2) is 5.78 Å². The molecule has 1 saturated heterocycles. The first kappa shape index (κ1) is 17.0. The van der Waals surface area contributed by atoms with Crippen LogP contribution in [-0.2, 0) is 4.79 Å². The lowest BCUT2D eigenvalue weighted by Gasteiger charge is -2.37. The van der Waals surface area contributed by atoms with Gasteiger partial charge in [-0.3, -0.25) is 9.59 Å². The van der Waals surface area contributed by atoms with Crippen LogP contribution in [-0.4, -0.2) is 68.3 Å². The molecule has 0 saturated carbocycles. The average molecular weight is 314 g/mol. The summed E-state index contributed by atoms with van der Waals surface area (Å²) in [5, 5.41) is 9.29. The third kappa shape index (κ3) is 4.08. The zero-order valence-electron chi connectivity index (χ0n) is 13.9. The maximum Gasteiger partial charge on any atom is 0.236 e. The first-order valence-corrected chi connectivity index (χ1v) is 7.65. The van der Waals surface area contributed by atoms with Crippen LogP contribution >= 0.6 is 0 Å². The van der Waals surface area contributed by atoms with E-state index < -0.39 is 0 Å². The quantitative estimate of drug-likeness (QED) is 0.775. The molecule has 0 radical (unpaired) electrons. The molecule has 0 N–H and O–H groups in total. The van der Waals surface area contributed by atoms with Gasteiger partial charge in [-0.25, -0.2) is 0 Å². The van der Waals surface area contributed by atoms with Crippen molar-refractivity contribution < 1.29 is 9.59 Å². The van der Waals surface area contributed by atoms with E-state index in [0.29, 0.717) is 43.9 Å². The van der Waals surface area contributed by atoms with Crippen LogP contribution in [0.15, 0.2) is 18.2 Å². The number of nitriles is 1. The minimum Gasteiger partial charge on any atom is -0.367 e. The standard InChI is InChI=1S/C17H22N4O2/c1-13(22)14-4-5-15(11-18)16(10-14)20-6-8-21(9-7-20)17(23)12-19(2)3/h4-5,10H,6-9,12H2,1-3H3. The van der Waals surface area contributed by atoms with Gasteiger partial charge in [0.1, 0.15) is 6.07 Å². The maximum atomic E-state index is 12.1. The number of carbonyl (C=O) groups excluding carboxylic acids is 2. The molecule has 0 aliphatic carbocycles. The number of likely N-dealkylation sites (N-methyl/N-ethyl adjacent to an activating group) is 1. The Morgan fingerprint density at radius 2 is 1.87 bits per heavy atom. The molecular weight excluding hydrogens is 292 g/mol. The molecular formula is C17H22N4O2. The average Bonchev–Trinajstić information content (AvgIpc) is 2.53. The molecule has 6 heteroatoms. The number of anilines is 1. The van der Waals surface area contributed by atoms with Gasteiger partial charge in [0.2, 0.25) is 5.91 Å². The zero-order valence-corrected chi connectivity index (χ0v) is 13.9. The molecule has 1 heterocycles. The number of rotatable bonds is 4. The van der Waals surface area contributed by atoms with Crippen molar-refractivity contribution in [3.05, 3.63) is 29.3 Å². The summed E-state index contributed by atoms with van der Waals surface area (Å²) in [7, 11) is 3.75. The van der Waals surface area contributed by atoms with Crippen molar-refractivity contribution >= 4 is 17.4 Å². The summed E-state index contributed by atoms with van der Waals surface area (Å²) < 4.78 is 0. The summed E-state index contributed by atoms with van der Waals surface area (Å²) in [5.41, 5.74) is 1.94. The van der Waals surface area contributed by atoms with E-state index in [4.69, 9.17) is 0 Å². The number of benzene rings is 1. The molecule has 1 aromatic rings. The fourth-order valence-corrected chi connectivity index (χ4v) is 2.67. The van der Waals surface area contributed by atoms with Crippen molar-refractivity contribution in [2.45, 2.75) is 6.92 Å². The first-order valence-electron chi connectivity index (χ1n) is 7.65. The number of amides is 1. The van der Waals surface area contributed by atoms with Crippen LogP contribution in [0.5, 0.6) is 0 Å². The fourth-order valence-electron chi connectivity index (χ4n) is 2.67. The fraction of sp³-hybridized carbons (Fsp3) is 0.471. The molecule has 2 rings (SSSR count). The molecule has 0 spiro atoms. The number of carbonyl (C=O) groups is 2. The van der Waals surface area contributed by atoms with E-state index in [2.05, 4.69) is 11.0 Å². The van der Waals surface area contributed by atoms with Gasteiger partial charge in [-0.05, 0) is 39.2 Å². The molecule has 0 unspecified atom stereocenters. The van der Waals surface area contributed by atoms with Crippen LogP contribution in [0.1, 0.15) is 22.8 Å². The van der Waals surface area contributed by atoms with Crippen LogP contribution < -0.4 is 4.90 Å². The van der Waals surface area contributed by atoms with Crippen molar-refractivity contribution in [2.24, 2.45) is 0 Å². The predicted octanol–water partition coefficient (Wildman–Crippen LogP) is 0.971. The van der Waals surface area contributed by atoms with E-state index in [0.717, 1.165) is 5.69 Å². The molecule has 0 bridgehead atoms. The highest BCUT2D eigenvalue weighted by Gasteiger charge is 2.23. The summed E-state index contributed by atoms with van der Waals surface area (Å²) in [6.45, 7) is 4.50. The molecule has 6 nitrogen and oxygen atoms in total. The lowest BCUT2D eigenvalue weighted by molar-refractivity contribution is -0.132. The second kappa shape index (κ2) is 7.25. The van der Waals surface area contributed by atoms with Crippen molar-refractivity contribution in [3.63, 3.8) is 0 Å². The lowest BCUT2D eigenvalue weighted by atomic mass is 10.1. The van der Waals surface area contributed by atoms with Crippen molar-refractivity contribution in [2.75, 3.05) is 51.7 Å². The Morgan fingerprint density at radius 3 is 2.39 bits per heavy atom. The van der Waals surface area contributed by atoms with Crippen molar-refractivity contribution in [1.82, 2.24) is 9.80 Å². The Kier molecular flexibility index (Phi) is 5.35. The predicted molar refractivity (Wildman–Crippen MR) is 88.5 cm³/mol. The van der Waals surface area contributed by atoms with E-state index in [1.807, 2.05) is 23.9 Å². The maximum absolute atomic E-state index is 12.1. The van der Waals surface area contributed by atoms with Gasteiger partial charge in [0.05, 0.1) is 17.8 Å². The number of hydrogen-bond donors (Lipinski definition) is 0. The Balaban J connectivity index is 2.11. The van der Waals surface area contributed by atoms with Crippen molar-refractivity contribution in [3.8, 4) is 6.07 Å². The third-order valence-electron chi connectivity index (χ3n) is 3.95. The van der Waals surface area contributed by atoms with Crippen LogP contribution in [0.2, 0.25) is 0 Å². The zero-order chi connectivity index (χ0) is 17.0. The molecule has 1 aromatic carbocycles. The van der Waals surface area contributed by atoms with E-state index in [1.54, 1.807) is 18.2 Å². The van der Waals surface area contributed by atoms with Crippen LogP contribution in [0.4, 0.5) is 5.69 Å². The van der Waals surface area contributed by atoms with E-state index in [-0.39, 0.29) is 11.7 Å². The first-order chi connectivity index (χ1) is 10.9. The largest absolute Gasteiger partial charge is 0.367 e. The van der Waals surface area contributed by atoms with Gasteiger partial charge in [-0.15, -0.1) is 0 Å². The summed E-state index contributed by atoms with van der Waals surface area (Å²) >= 11 is 0. The molecule has 1 aliphatic rings. The van der Waals surface area contributed by atoms with E-state index in [9.17, 15) is 14.9 Å². The molecule has 0 aromatic heterocycles. The smallest absolute Gasteiger partial charge is 0.236 e. The van der Waals surface area contributed by atoms with Gasteiger partial charge in [0, 0.05) is 31.7 Å². The number of Topliss-reactive ketones (excluding diaryl/α,β-unsaturated/α-hetero) is 1. The van der Waals surface area contributed by atoms with E-state index in [1.165, 1.54) is 6.92 Å².